The van der Waals surface area contributed by atoms with E-state index in [9.17, 15) is 4.79 Å². The molecule has 3 rings (SSSR count). The Hall–Kier alpha value is -2.41. The summed E-state index contributed by atoms with van der Waals surface area (Å²) in [6, 6.07) is 9.88. The fourth-order valence-corrected chi connectivity index (χ4v) is 2.56. The van der Waals surface area contributed by atoms with E-state index in [1.807, 2.05) is 30.3 Å². The van der Waals surface area contributed by atoms with Crippen LogP contribution in [0.4, 0.5) is 10.7 Å². The molecule has 116 valence electrons. The maximum atomic E-state index is 12.0. The first-order valence-electron chi connectivity index (χ1n) is 7.30. The fourth-order valence-electron chi connectivity index (χ4n) is 2.56. The zero-order valence-electron chi connectivity index (χ0n) is 12.4. The molecule has 1 fully saturated rings. The standard InChI is InChI=1S/C15H19N5O2/c1-20-14(16-10-17-20)19-15(21)18-12-7-8-22-13(9-12)11-5-3-2-4-6-11/h2-6,10,12-13H,7-9H2,1H3,(H2,16,17,18,19,21). The lowest BCUT2D eigenvalue weighted by molar-refractivity contribution is 0.00253. The Kier molecular flexibility index (Phi) is 4.34. The largest absolute Gasteiger partial charge is 0.373 e. The fraction of sp³-hybridized carbons (Fsp3) is 0.400. The van der Waals surface area contributed by atoms with E-state index in [2.05, 4.69) is 20.7 Å². The van der Waals surface area contributed by atoms with Crippen molar-refractivity contribution < 1.29 is 9.53 Å². The lowest BCUT2D eigenvalue weighted by Crippen LogP contribution is -2.42. The van der Waals surface area contributed by atoms with E-state index >= 15 is 0 Å². The predicted molar refractivity (Wildman–Crippen MR) is 81.3 cm³/mol. The van der Waals surface area contributed by atoms with Gasteiger partial charge in [0.15, 0.2) is 0 Å². The summed E-state index contributed by atoms with van der Waals surface area (Å²) < 4.78 is 7.31. The van der Waals surface area contributed by atoms with Crippen LogP contribution in [-0.4, -0.2) is 33.4 Å². The zero-order chi connectivity index (χ0) is 15.4. The van der Waals surface area contributed by atoms with Gasteiger partial charge < -0.3 is 10.1 Å². The molecule has 1 aliphatic heterocycles. The Labute approximate surface area is 128 Å². The van der Waals surface area contributed by atoms with Crippen LogP contribution in [0.5, 0.6) is 0 Å². The third kappa shape index (κ3) is 3.43. The summed E-state index contributed by atoms with van der Waals surface area (Å²) in [5.74, 6) is 0.421. The Balaban J connectivity index is 1.56. The molecule has 0 bridgehead atoms. The van der Waals surface area contributed by atoms with Crippen LogP contribution >= 0.6 is 0 Å². The van der Waals surface area contributed by atoms with Crippen LogP contribution < -0.4 is 10.6 Å². The second-order valence-electron chi connectivity index (χ2n) is 5.30. The molecule has 2 unspecified atom stereocenters. The molecular weight excluding hydrogens is 282 g/mol. The number of aryl methyl sites for hydroxylation is 1. The van der Waals surface area contributed by atoms with Gasteiger partial charge in [-0.25, -0.2) is 9.48 Å². The van der Waals surface area contributed by atoms with Gasteiger partial charge in [-0.05, 0) is 18.4 Å². The summed E-state index contributed by atoms with van der Waals surface area (Å²) in [6.07, 6.45) is 2.98. The average molecular weight is 301 g/mol. The normalized spacial score (nSPS) is 21.3. The van der Waals surface area contributed by atoms with Crippen LogP contribution in [0.25, 0.3) is 0 Å². The first-order chi connectivity index (χ1) is 10.7. The minimum atomic E-state index is -0.269. The van der Waals surface area contributed by atoms with Crippen LogP contribution in [-0.2, 0) is 11.8 Å². The molecule has 2 N–H and O–H groups in total. The third-order valence-electron chi connectivity index (χ3n) is 3.73. The Bertz CT molecular complexity index is 628. The molecule has 1 aromatic heterocycles. The van der Waals surface area contributed by atoms with Crippen LogP contribution in [0, 0.1) is 0 Å². The van der Waals surface area contributed by atoms with Crippen LogP contribution in [0.15, 0.2) is 36.7 Å². The van der Waals surface area contributed by atoms with E-state index in [0.29, 0.717) is 12.6 Å². The van der Waals surface area contributed by atoms with E-state index < -0.39 is 0 Å². The molecule has 0 saturated carbocycles. The maximum absolute atomic E-state index is 12.0. The number of anilines is 1. The van der Waals surface area contributed by atoms with Gasteiger partial charge in [0.1, 0.15) is 6.33 Å². The monoisotopic (exact) mass is 301 g/mol. The third-order valence-corrected chi connectivity index (χ3v) is 3.73. The number of benzene rings is 1. The minimum absolute atomic E-state index is 0.0232. The molecule has 1 aliphatic rings. The van der Waals surface area contributed by atoms with Crippen molar-refractivity contribution in [1.29, 1.82) is 0 Å². The number of ether oxygens (including phenoxy) is 1. The van der Waals surface area contributed by atoms with Gasteiger partial charge in [-0.2, -0.15) is 10.1 Å². The number of rotatable bonds is 3. The molecule has 1 aromatic carbocycles. The van der Waals surface area contributed by atoms with Crippen molar-refractivity contribution in [2.24, 2.45) is 7.05 Å². The molecule has 1 saturated heterocycles. The number of nitrogens with one attached hydrogen (secondary N) is 2. The lowest BCUT2D eigenvalue weighted by Gasteiger charge is -2.30. The Morgan fingerprint density at radius 3 is 2.91 bits per heavy atom. The molecular formula is C15H19N5O2. The van der Waals surface area contributed by atoms with Gasteiger partial charge in [0.2, 0.25) is 5.95 Å². The topological polar surface area (TPSA) is 81.1 Å². The number of carbonyl (C=O) groups excluding carboxylic acids is 1. The van der Waals surface area contributed by atoms with Crippen molar-refractivity contribution in [3.8, 4) is 0 Å². The SMILES string of the molecule is Cn1ncnc1NC(=O)NC1CCOC(c2ccccc2)C1. The highest BCUT2D eigenvalue weighted by molar-refractivity contribution is 5.87. The van der Waals surface area contributed by atoms with Gasteiger partial charge >= 0.3 is 6.03 Å². The molecule has 0 aliphatic carbocycles. The summed E-state index contributed by atoms with van der Waals surface area (Å²) >= 11 is 0. The zero-order valence-corrected chi connectivity index (χ0v) is 12.4. The second-order valence-corrected chi connectivity index (χ2v) is 5.30. The Morgan fingerprint density at radius 2 is 2.18 bits per heavy atom. The van der Waals surface area contributed by atoms with Gasteiger partial charge in [0.25, 0.3) is 0 Å². The van der Waals surface area contributed by atoms with Gasteiger partial charge in [-0.15, -0.1) is 0 Å². The number of carbonyl (C=O) groups is 1. The van der Waals surface area contributed by atoms with E-state index in [1.54, 1.807) is 7.05 Å². The molecule has 22 heavy (non-hydrogen) atoms. The first-order valence-corrected chi connectivity index (χ1v) is 7.30. The van der Waals surface area contributed by atoms with E-state index in [4.69, 9.17) is 4.74 Å². The lowest BCUT2D eigenvalue weighted by atomic mass is 9.97. The molecule has 2 amide bonds. The molecule has 0 radical (unpaired) electrons. The molecule has 2 aromatic rings. The van der Waals surface area contributed by atoms with Crippen molar-refractivity contribution in [2.45, 2.75) is 25.0 Å². The Morgan fingerprint density at radius 1 is 1.36 bits per heavy atom. The molecule has 0 spiro atoms. The number of aromatic nitrogens is 3. The maximum Gasteiger partial charge on any atom is 0.321 e. The molecule has 7 nitrogen and oxygen atoms in total. The van der Waals surface area contributed by atoms with Crippen molar-refractivity contribution >= 4 is 12.0 Å². The number of hydrogen-bond acceptors (Lipinski definition) is 4. The highest BCUT2D eigenvalue weighted by Gasteiger charge is 2.25. The quantitative estimate of drug-likeness (QED) is 0.906. The van der Waals surface area contributed by atoms with Crippen molar-refractivity contribution in [3.63, 3.8) is 0 Å². The second kappa shape index (κ2) is 6.57. The highest BCUT2D eigenvalue weighted by atomic mass is 16.5. The number of urea groups is 1. The van der Waals surface area contributed by atoms with Crippen LogP contribution in [0.2, 0.25) is 0 Å². The summed E-state index contributed by atoms with van der Waals surface area (Å²) in [4.78, 5) is 16.0. The van der Waals surface area contributed by atoms with Gasteiger partial charge in [0, 0.05) is 19.7 Å². The minimum Gasteiger partial charge on any atom is -0.373 e. The van der Waals surface area contributed by atoms with E-state index in [-0.39, 0.29) is 18.2 Å². The van der Waals surface area contributed by atoms with Crippen LogP contribution in [0.3, 0.4) is 0 Å². The summed E-state index contributed by atoms with van der Waals surface area (Å²) in [7, 11) is 1.72. The van der Waals surface area contributed by atoms with E-state index in [0.717, 1.165) is 18.4 Å². The highest BCUT2D eigenvalue weighted by Crippen LogP contribution is 2.27. The van der Waals surface area contributed by atoms with Crippen LogP contribution in [0.1, 0.15) is 24.5 Å². The van der Waals surface area contributed by atoms with Crippen molar-refractivity contribution in [1.82, 2.24) is 20.1 Å². The first kappa shape index (κ1) is 14.5. The molecule has 2 heterocycles. The smallest absolute Gasteiger partial charge is 0.321 e. The summed E-state index contributed by atoms with van der Waals surface area (Å²) in [5, 5.41) is 9.57. The number of hydrogen-bond donors (Lipinski definition) is 2. The van der Waals surface area contributed by atoms with Gasteiger partial charge in [-0.1, -0.05) is 30.3 Å². The number of nitrogens with zero attached hydrogens (tertiary/aromatic N) is 3. The van der Waals surface area contributed by atoms with Gasteiger partial charge in [-0.3, -0.25) is 5.32 Å². The van der Waals surface area contributed by atoms with Gasteiger partial charge in [0.05, 0.1) is 6.10 Å². The number of amides is 2. The predicted octanol–water partition coefficient (Wildman–Crippen LogP) is 1.86. The van der Waals surface area contributed by atoms with E-state index in [1.165, 1.54) is 11.0 Å². The summed E-state index contributed by atoms with van der Waals surface area (Å²) in [6.45, 7) is 0.633. The average Bonchev–Trinajstić information content (AvgIpc) is 2.93. The molecule has 2 atom stereocenters. The van der Waals surface area contributed by atoms with Crippen molar-refractivity contribution in [3.05, 3.63) is 42.2 Å². The summed E-state index contributed by atoms with van der Waals surface area (Å²) in [5.41, 5.74) is 1.14. The van der Waals surface area contributed by atoms with Crippen molar-refractivity contribution in [2.75, 3.05) is 11.9 Å². The molecule has 7 heteroatoms.